The Balaban J connectivity index is 1.45. The Hall–Kier alpha value is -3.09. The van der Waals surface area contributed by atoms with Gasteiger partial charge in [-0.1, -0.05) is 24.1 Å². The molecule has 1 aliphatic heterocycles. The van der Waals surface area contributed by atoms with Gasteiger partial charge in [0.15, 0.2) is 11.5 Å². The molecule has 150 valence electrons. The molecule has 1 amide bonds. The zero-order valence-corrected chi connectivity index (χ0v) is 16.5. The third-order valence-electron chi connectivity index (χ3n) is 5.88. The van der Waals surface area contributed by atoms with Crippen LogP contribution in [0.1, 0.15) is 48.5 Å². The van der Waals surface area contributed by atoms with Crippen molar-refractivity contribution in [2.24, 2.45) is 0 Å². The fourth-order valence-corrected chi connectivity index (χ4v) is 4.32. The van der Waals surface area contributed by atoms with E-state index in [4.69, 9.17) is 9.47 Å². The van der Waals surface area contributed by atoms with Gasteiger partial charge in [-0.25, -0.2) is 4.68 Å². The minimum Gasteiger partial charge on any atom is -0.454 e. The second-order valence-electron chi connectivity index (χ2n) is 7.67. The summed E-state index contributed by atoms with van der Waals surface area (Å²) in [5, 5.41) is 8.38. The van der Waals surface area contributed by atoms with Crippen LogP contribution in [-0.4, -0.2) is 38.6 Å². The van der Waals surface area contributed by atoms with Crippen molar-refractivity contribution in [1.29, 1.82) is 0 Å². The summed E-state index contributed by atoms with van der Waals surface area (Å²) < 4.78 is 12.8. The molecule has 5 rings (SSSR count). The number of carbonyl (C=O) groups excluding carboxylic acids is 1. The molecule has 2 heterocycles. The van der Waals surface area contributed by atoms with Crippen LogP contribution in [0.4, 0.5) is 0 Å². The molecule has 0 radical (unpaired) electrons. The topological polar surface area (TPSA) is 69.5 Å². The maximum Gasteiger partial charge on any atom is 0.254 e. The smallest absolute Gasteiger partial charge is 0.254 e. The van der Waals surface area contributed by atoms with Gasteiger partial charge < -0.3 is 14.4 Å². The van der Waals surface area contributed by atoms with E-state index in [9.17, 15) is 4.79 Å². The Bertz CT molecular complexity index is 1060. The van der Waals surface area contributed by atoms with Gasteiger partial charge in [0.25, 0.3) is 5.91 Å². The summed E-state index contributed by atoms with van der Waals surface area (Å²) in [6.45, 7) is 3.59. The molecule has 7 nitrogen and oxygen atoms in total. The second kappa shape index (κ2) is 7.39. The fourth-order valence-electron chi connectivity index (χ4n) is 4.32. The lowest BCUT2D eigenvalue weighted by Crippen LogP contribution is -2.38. The van der Waals surface area contributed by atoms with E-state index in [2.05, 4.69) is 10.3 Å². The first-order chi connectivity index (χ1) is 14.2. The maximum atomic E-state index is 13.5. The SMILES string of the molecule is CCn1nnc2cc(C(=O)N(Cc3ccc4c(c3)OCO4)C3CCCC3)ccc21. The highest BCUT2D eigenvalue weighted by molar-refractivity contribution is 5.97. The zero-order valence-electron chi connectivity index (χ0n) is 16.5. The van der Waals surface area contributed by atoms with E-state index >= 15 is 0 Å². The number of fused-ring (bicyclic) bond motifs is 2. The summed E-state index contributed by atoms with van der Waals surface area (Å²) in [4.78, 5) is 15.5. The van der Waals surface area contributed by atoms with Crippen LogP contribution >= 0.6 is 0 Å². The van der Waals surface area contributed by atoms with Crippen molar-refractivity contribution in [2.45, 2.75) is 51.7 Å². The van der Waals surface area contributed by atoms with E-state index in [1.807, 2.05) is 52.9 Å². The largest absolute Gasteiger partial charge is 0.454 e. The highest BCUT2D eigenvalue weighted by atomic mass is 16.7. The molecule has 0 atom stereocenters. The Labute approximate surface area is 169 Å². The van der Waals surface area contributed by atoms with Gasteiger partial charge in [0.05, 0.1) is 5.52 Å². The third-order valence-corrected chi connectivity index (χ3v) is 5.88. The molecule has 1 aliphatic carbocycles. The first-order valence-electron chi connectivity index (χ1n) is 10.3. The molecular formula is C22H24N4O3. The van der Waals surface area contributed by atoms with Crippen molar-refractivity contribution in [3.63, 3.8) is 0 Å². The molecule has 2 aromatic carbocycles. The van der Waals surface area contributed by atoms with Crippen molar-refractivity contribution in [3.05, 3.63) is 47.5 Å². The average molecular weight is 392 g/mol. The Morgan fingerprint density at radius 1 is 1.14 bits per heavy atom. The minimum atomic E-state index is 0.0440. The summed E-state index contributed by atoms with van der Waals surface area (Å²) >= 11 is 0. The molecule has 2 aliphatic rings. The summed E-state index contributed by atoms with van der Waals surface area (Å²) in [6.07, 6.45) is 4.42. The highest BCUT2D eigenvalue weighted by Gasteiger charge is 2.28. The molecule has 0 spiro atoms. The summed E-state index contributed by atoms with van der Waals surface area (Å²) in [5.74, 6) is 1.55. The lowest BCUT2D eigenvalue weighted by atomic mass is 10.1. The molecule has 0 unspecified atom stereocenters. The number of ether oxygens (including phenoxy) is 2. The quantitative estimate of drug-likeness (QED) is 0.661. The lowest BCUT2D eigenvalue weighted by molar-refractivity contribution is 0.0664. The van der Waals surface area contributed by atoms with Crippen LogP contribution < -0.4 is 9.47 Å². The zero-order chi connectivity index (χ0) is 19.8. The molecule has 29 heavy (non-hydrogen) atoms. The Kier molecular flexibility index (Phi) is 4.58. The van der Waals surface area contributed by atoms with Crippen LogP contribution in [0.2, 0.25) is 0 Å². The van der Waals surface area contributed by atoms with E-state index in [1.54, 1.807) is 0 Å². The second-order valence-corrected chi connectivity index (χ2v) is 7.67. The van der Waals surface area contributed by atoms with Crippen LogP contribution in [0.5, 0.6) is 11.5 Å². The number of hydrogen-bond acceptors (Lipinski definition) is 5. The van der Waals surface area contributed by atoms with Gasteiger partial charge in [-0.2, -0.15) is 0 Å². The Morgan fingerprint density at radius 2 is 1.97 bits per heavy atom. The number of benzene rings is 2. The van der Waals surface area contributed by atoms with Gasteiger partial charge >= 0.3 is 0 Å². The van der Waals surface area contributed by atoms with Gasteiger partial charge in [0.1, 0.15) is 5.52 Å². The highest BCUT2D eigenvalue weighted by Crippen LogP contribution is 2.34. The van der Waals surface area contributed by atoms with E-state index < -0.39 is 0 Å². The van der Waals surface area contributed by atoms with Crippen molar-refractivity contribution in [1.82, 2.24) is 19.9 Å². The van der Waals surface area contributed by atoms with Crippen molar-refractivity contribution in [2.75, 3.05) is 6.79 Å². The maximum absolute atomic E-state index is 13.5. The van der Waals surface area contributed by atoms with Gasteiger partial charge in [-0.3, -0.25) is 4.79 Å². The van der Waals surface area contributed by atoms with E-state index in [1.165, 1.54) is 12.8 Å². The predicted octanol–water partition coefficient (Wildman–Crippen LogP) is 3.76. The van der Waals surface area contributed by atoms with Crippen LogP contribution in [-0.2, 0) is 13.1 Å². The molecular weight excluding hydrogens is 368 g/mol. The molecule has 7 heteroatoms. The normalized spacial score (nSPS) is 15.9. The van der Waals surface area contributed by atoms with E-state index in [0.29, 0.717) is 12.1 Å². The molecule has 3 aromatic rings. The predicted molar refractivity (Wildman–Crippen MR) is 108 cm³/mol. The van der Waals surface area contributed by atoms with Crippen LogP contribution in [0.3, 0.4) is 0 Å². The van der Waals surface area contributed by atoms with Crippen LogP contribution in [0.25, 0.3) is 11.0 Å². The van der Waals surface area contributed by atoms with Gasteiger partial charge in [-0.05, 0) is 55.7 Å². The third kappa shape index (κ3) is 3.30. The van der Waals surface area contributed by atoms with Crippen molar-refractivity contribution < 1.29 is 14.3 Å². The molecule has 1 fully saturated rings. The minimum absolute atomic E-state index is 0.0440. The standard InChI is InChI=1S/C22H24N4O3/c1-2-26-19-9-8-16(12-18(19)23-24-26)22(27)25(17-5-3-4-6-17)13-15-7-10-20-21(11-15)29-14-28-20/h7-12,17H,2-6,13-14H2,1H3. The number of aromatic nitrogens is 3. The number of rotatable bonds is 5. The summed E-state index contributed by atoms with van der Waals surface area (Å²) in [6, 6.07) is 11.9. The van der Waals surface area contributed by atoms with Crippen LogP contribution in [0, 0.1) is 0 Å². The monoisotopic (exact) mass is 392 g/mol. The number of nitrogens with zero attached hydrogens (tertiary/aromatic N) is 4. The molecule has 1 aromatic heterocycles. The van der Waals surface area contributed by atoms with Gasteiger partial charge in [0.2, 0.25) is 6.79 Å². The van der Waals surface area contributed by atoms with Crippen molar-refractivity contribution in [3.8, 4) is 11.5 Å². The first-order valence-corrected chi connectivity index (χ1v) is 10.3. The number of carbonyl (C=O) groups is 1. The fraction of sp³-hybridized carbons (Fsp3) is 0.409. The summed E-state index contributed by atoms with van der Waals surface area (Å²) in [5.41, 5.74) is 3.42. The molecule has 0 saturated heterocycles. The van der Waals surface area contributed by atoms with E-state index in [-0.39, 0.29) is 18.7 Å². The van der Waals surface area contributed by atoms with Gasteiger partial charge in [-0.15, -0.1) is 5.10 Å². The lowest BCUT2D eigenvalue weighted by Gasteiger charge is -2.29. The Morgan fingerprint density at radius 3 is 2.79 bits per heavy atom. The molecule has 1 saturated carbocycles. The average Bonchev–Trinajstić information content (AvgIpc) is 3.51. The van der Waals surface area contributed by atoms with Crippen molar-refractivity contribution >= 4 is 16.9 Å². The number of hydrogen-bond donors (Lipinski definition) is 0. The van der Waals surface area contributed by atoms with Gasteiger partial charge in [0, 0.05) is 24.7 Å². The molecule has 0 N–H and O–H groups in total. The summed E-state index contributed by atoms with van der Waals surface area (Å²) in [7, 11) is 0. The molecule has 0 bridgehead atoms. The number of aryl methyl sites for hydroxylation is 1. The van der Waals surface area contributed by atoms with E-state index in [0.717, 1.165) is 47.5 Å². The number of amides is 1. The van der Waals surface area contributed by atoms with Crippen LogP contribution in [0.15, 0.2) is 36.4 Å². The first kappa shape index (κ1) is 18.0.